The number of aromatic nitrogens is 1. The Labute approximate surface area is 176 Å². The van der Waals surface area contributed by atoms with E-state index in [1.54, 1.807) is 11.3 Å². The summed E-state index contributed by atoms with van der Waals surface area (Å²) in [4.78, 5) is 2.42. The Bertz CT molecular complexity index is 1200. The van der Waals surface area contributed by atoms with Gasteiger partial charge in [-0.2, -0.15) is 0 Å². The second kappa shape index (κ2) is 6.47. The average Bonchev–Trinajstić information content (AvgIpc) is 3.24. The monoisotopic (exact) mass is 505 g/mol. The van der Waals surface area contributed by atoms with Crippen LogP contribution in [0.1, 0.15) is 22.9 Å². The fourth-order valence-corrected chi connectivity index (χ4v) is 5.38. The molecule has 1 atom stereocenters. The molecule has 6 heteroatoms. The number of hydrogen-bond donors (Lipinski definition) is 0. The van der Waals surface area contributed by atoms with Crippen molar-refractivity contribution in [1.29, 1.82) is 0 Å². The second-order valence-electron chi connectivity index (χ2n) is 6.49. The molecule has 1 unspecified atom stereocenters. The molecule has 27 heavy (non-hydrogen) atoms. The number of nitrogens with zero attached hydrogens (tertiary/aromatic N) is 1. The van der Waals surface area contributed by atoms with Crippen LogP contribution in [0.3, 0.4) is 0 Å². The van der Waals surface area contributed by atoms with Crippen LogP contribution in [0.5, 0.6) is 5.75 Å². The van der Waals surface area contributed by atoms with Gasteiger partial charge in [0.15, 0.2) is 0 Å². The summed E-state index contributed by atoms with van der Waals surface area (Å²) >= 11 is 8.66. The maximum Gasteiger partial charge on any atom is 0.212 e. The van der Waals surface area contributed by atoms with Crippen LogP contribution in [0.4, 0.5) is 4.39 Å². The lowest BCUT2D eigenvalue weighted by atomic mass is 10.1. The third kappa shape index (κ3) is 2.77. The normalized spacial score (nSPS) is 15.5. The van der Waals surface area contributed by atoms with E-state index in [1.165, 1.54) is 10.9 Å². The van der Waals surface area contributed by atoms with Crippen molar-refractivity contribution in [2.24, 2.45) is 0 Å². The van der Waals surface area contributed by atoms with Gasteiger partial charge in [-0.25, -0.2) is 4.39 Å². The molecule has 0 saturated carbocycles. The molecule has 136 valence electrons. The molecule has 0 amide bonds. The van der Waals surface area contributed by atoms with E-state index < -0.39 is 0 Å². The minimum Gasteiger partial charge on any atom is -0.464 e. The molecule has 1 aliphatic heterocycles. The first-order valence-corrected chi connectivity index (χ1v) is 11.0. The Hall–Kier alpha value is -1.63. The zero-order chi connectivity index (χ0) is 18.7. The van der Waals surface area contributed by atoms with E-state index in [9.17, 15) is 4.39 Å². The van der Waals surface area contributed by atoms with E-state index in [2.05, 4.69) is 67.6 Å². The topological polar surface area (TPSA) is 14.2 Å². The lowest BCUT2D eigenvalue weighted by Crippen LogP contribution is -2.21. The molecular weight excluding hydrogens is 493 g/mol. The predicted molar refractivity (Wildman–Crippen MR) is 115 cm³/mol. The van der Waals surface area contributed by atoms with Crippen molar-refractivity contribution < 1.29 is 9.13 Å². The summed E-state index contributed by atoms with van der Waals surface area (Å²) in [6.45, 7) is 2.15. The van der Waals surface area contributed by atoms with Crippen LogP contribution >= 0.6 is 43.2 Å². The number of fused-ring (bicyclic) bond motifs is 5. The van der Waals surface area contributed by atoms with Crippen molar-refractivity contribution in [3.8, 4) is 17.0 Å². The summed E-state index contributed by atoms with van der Waals surface area (Å²) < 4.78 is 25.0. The highest BCUT2D eigenvalue weighted by molar-refractivity contribution is 9.10. The average molecular weight is 507 g/mol. The summed E-state index contributed by atoms with van der Waals surface area (Å²) in [5.41, 5.74) is 2.37. The molecule has 2 aromatic carbocycles. The number of aryl methyl sites for hydroxylation is 1. The van der Waals surface area contributed by atoms with E-state index in [1.807, 2.05) is 18.2 Å². The van der Waals surface area contributed by atoms with Crippen LogP contribution in [0.25, 0.3) is 22.2 Å². The summed E-state index contributed by atoms with van der Waals surface area (Å²) in [7, 11) is 0. The van der Waals surface area contributed by atoms with Gasteiger partial charge in [0.25, 0.3) is 0 Å². The summed E-state index contributed by atoms with van der Waals surface area (Å²) in [5, 5.41) is 1.05. The first-order chi connectivity index (χ1) is 13.0. The van der Waals surface area contributed by atoms with Crippen molar-refractivity contribution in [3.05, 3.63) is 73.0 Å². The maximum atomic E-state index is 14.9. The smallest absolute Gasteiger partial charge is 0.212 e. The zero-order valence-electron chi connectivity index (χ0n) is 14.3. The zero-order valence-corrected chi connectivity index (χ0v) is 18.3. The summed E-state index contributed by atoms with van der Waals surface area (Å²) in [6.07, 6.45) is 0.672. The van der Waals surface area contributed by atoms with Crippen LogP contribution in [0.15, 0.2) is 57.5 Å². The Morgan fingerprint density at radius 2 is 1.93 bits per heavy atom. The summed E-state index contributed by atoms with van der Waals surface area (Å²) in [6, 6.07) is 15.7. The highest BCUT2D eigenvalue weighted by atomic mass is 79.9. The number of benzene rings is 2. The first-order valence-electron chi connectivity index (χ1n) is 8.60. The maximum absolute atomic E-state index is 14.9. The van der Waals surface area contributed by atoms with E-state index in [0.717, 1.165) is 32.4 Å². The van der Waals surface area contributed by atoms with Gasteiger partial charge in [0, 0.05) is 19.2 Å². The Kier molecular flexibility index (Phi) is 4.18. The molecule has 2 nitrogen and oxygen atoms in total. The Morgan fingerprint density at radius 3 is 2.70 bits per heavy atom. The number of halogens is 3. The van der Waals surface area contributed by atoms with E-state index in [-0.39, 0.29) is 12.0 Å². The number of ether oxygens (including phenoxy) is 1. The minimum atomic E-state index is -0.315. The quantitative estimate of drug-likeness (QED) is 0.274. The number of thiophene rings is 1. The second-order valence-corrected chi connectivity index (χ2v) is 9.52. The van der Waals surface area contributed by atoms with Crippen molar-refractivity contribution in [1.82, 2.24) is 4.57 Å². The molecule has 0 N–H and O–H groups in total. The van der Waals surface area contributed by atoms with E-state index in [4.69, 9.17) is 4.74 Å². The fraction of sp³-hybridized carbons (Fsp3) is 0.143. The van der Waals surface area contributed by atoms with Gasteiger partial charge in [-0.1, -0.05) is 38.8 Å². The minimum absolute atomic E-state index is 0.290. The van der Waals surface area contributed by atoms with Gasteiger partial charge in [-0.3, -0.25) is 4.57 Å². The highest BCUT2D eigenvalue weighted by Gasteiger charge is 2.32. The van der Waals surface area contributed by atoms with Gasteiger partial charge >= 0.3 is 0 Å². The lowest BCUT2D eigenvalue weighted by molar-refractivity contribution is 0.176. The van der Waals surface area contributed by atoms with Crippen LogP contribution in [-0.2, 0) is 6.42 Å². The van der Waals surface area contributed by atoms with Gasteiger partial charge in [0.05, 0.1) is 21.7 Å². The van der Waals surface area contributed by atoms with Gasteiger partial charge in [-0.15, -0.1) is 11.3 Å². The first kappa shape index (κ1) is 17.5. The van der Waals surface area contributed by atoms with Crippen LogP contribution in [0.2, 0.25) is 0 Å². The molecule has 3 heterocycles. The molecule has 0 aliphatic carbocycles. The van der Waals surface area contributed by atoms with Crippen molar-refractivity contribution in [3.63, 3.8) is 0 Å². The standard InChI is InChI=1S/C21H14Br2FNOS/c1-2-14-4-6-19(27-14)21-25-16-5-3-12(22)7-11(16)8-17(25)20-15(24)9-13(23)10-18(20)26-21/h3-10,21H,2H2,1H3. The van der Waals surface area contributed by atoms with E-state index in [0.29, 0.717) is 15.8 Å². The number of hydrogen-bond acceptors (Lipinski definition) is 2. The van der Waals surface area contributed by atoms with Crippen LogP contribution < -0.4 is 4.74 Å². The molecule has 0 radical (unpaired) electrons. The van der Waals surface area contributed by atoms with E-state index >= 15 is 0 Å². The van der Waals surface area contributed by atoms with Gasteiger partial charge in [-0.05, 0) is 55.0 Å². The lowest BCUT2D eigenvalue weighted by Gasteiger charge is -2.29. The van der Waals surface area contributed by atoms with Crippen molar-refractivity contribution >= 4 is 54.1 Å². The molecule has 4 aromatic rings. The Balaban J connectivity index is 1.82. The van der Waals surface area contributed by atoms with Crippen LogP contribution in [-0.4, -0.2) is 4.57 Å². The Morgan fingerprint density at radius 1 is 1.07 bits per heavy atom. The molecule has 5 rings (SSSR count). The highest BCUT2D eigenvalue weighted by Crippen LogP contribution is 2.47. The fourth-order valence-electron chi connectivity index (χ4n) is 3.62. The van der Waals surface area contributed by atoms with Gasteiger partial charge in [0.1, 0.15) is 11.6 Å². The predicted octanol–water partition coefficient (Wildman–Crippen LogP) is 7.54. The van der Waals surface area contributed by atoms with Crippen molar-refractivity contribution in [2.45, 2.75) is 19.6 Å². The number of rotatable bonds is 2. The molecule has 2 aromatic heterocycles. The SMILES string of the molecule is CCc1ccc(C2Oc3cc(Br)cc(F)c3-c3cc4cc(Br)ccc4n32)s1. The van der Waals surface area contributed by atoms with Crippen molar-refractivity contribution in [2.75, 3.05) is 0 Å². The molecule has 0 fully saturated rings. The van der Waals surface area contributed by atoms with Gasteiger partial charge in [0.2, 0.25) is 6.23 Å². The third-order valence-corrected chi connectivity index (χ3v) is 7.03. The van der Waals surface area contributed by atoms with Crippen LogP contribution in [0, 0.1) is 5.82 Å². The molecule has 1 aliphatic rings. The molecular formula is C21H14Br2FNOS. The molecule has 0 spiro atoms. The largest absolute Gasteiger partial charge is 0.464 e. The van der Waals surface area contributed by atoms with Gasteiger partial charge < -0.3 is 4.74 Å². The third-order valence-electron chi connectivity index (χ3n) is 4.82. The molecule has 0 bridgehead atoms. The molecule has 0 saturated heterocycles. The summed E-state index contributed by atoms with van der Waals surface area (Å²) in [5.74, 6) is 0.272.